The Bertz CT molecular complexity index is 845. The van der Waals surface area contributed by atoms with Crippen LogP contribution in [0.4, 0.5) is 11.5 Å². The van der Waals surface area contributed by atoms with Gasteiger partial charge in [0.15, 0.2) is 10.8 Å². The zero-order chi connectivity index (χ0) is 18.9. The number of carbonyl (C=O) groups excluding carboxylic acids is 1. The van der Waals surface area contributed by atoms with Crippen molar-refractivity contribution in [2.24, 2.45) is 0 Å². The molecule has 0 radical (unpaired) electrons. The summed E-state index contributed by atoms with van der Waals surface area (Å²) in [6.07, 6.45) is 4.14. The summed E-state index contributed by atoms with van der Waals surface area (Å²) >= 11 is 7.40. The second-order valence-electron chi connectivity index (χ2n) is 5.07. The molecular weight excluding hydrogens is 334 g/mol. The van der Waals surface area contributed by atoms with E-state index in [0.717, 1.165) is 23.4 Å². The van der Waals surface area contributed by atoms with Gasteiger partial charge in [0.2, 0.25) is 0 Å². The lowest BCUT2D eigenvalue weighted by Gasteiger charge is -2.13. The van der Waals surface area contributed by atoms with E-state index in [0.29, 0.717) is 11.7 Å². The van der Waals surface area contributed by atoms with Gasteiger partial charge in [0.1, 0.15) is 5.82 Å². The van der Waals surface area contributed by atoms with Crippen molar-refractivity contribution < 1.29 is 8.91 Å². The lowest BCUT2D eigenvalue weighted by Crippen LogP contribution is -2.21. The topological polar surface area (TPSA) is 79.8 Å². The number of pyridine rings is 1. The average molecular weight is 353 g/mol. The highest BCUT2D eigenvalue weighted by Crippen LogP contribution is 2.40. The van der Waals surface area contributed by atoms with E-state index >= 15 is 0 Å². The monoisotopic (exact) mass is 352 g/mol. The van der Waals surface area contributed by atoms with Crippen LogP contribution in [0.3, 0.4) is 0 Å². The number of carbonyl (C=O) groups is 1. The molecule has 120 valence electrons. The molecular formula is C15H16ClN5OS. The SMILES string of the molecule is [2H]C([2H])([2H])NC(=O)c1nnc(Cl)cc1Nc1nc(C2CC2)ccc1SC. The molecule has 1 amide bonds. The third-order valence-electron chi connectivity index (χ3n) is 3.44. The molecule has 0 aliphatic heterocycles. The van der Waals surface area contributed by atoms with Gasteiger partial charge in [-0.25, -0.2) is 4.98 Å². The summed E-state index contributed by atoms with van der Waals surface area (Å²) in [4.78, 5) is 17.8. The number of hydrogen-bond acceptors (Lipinski definition) is 6. The van der Waals surface area contributed by atoms with E-state index in [2.05, 4.69) is 20.5 Å². The predicted octanol–water partition coefficient (Wildman–Crippen LogP) is 3.23. The van der Waals surface area contributed by atoms with Crippen LogP contribution in [0, 0.1) is 0 Å². The average Bonchev–Trinajstić information content (AvgIpc) is 3.38. The van der Waals surface area contributed by atoms with Crippen molar-refractivity contribution in [1.82, 2.24) is 20.5 Å². The van der Waals surface area contributed by atoms with Crippen molar-refractivity contribution >= 4 is 40.8 Å². The molecule has 6 nitrogen and oxygen atoms in total. The first kappa shape index (κ1) is 12.5. The van der Waals surface area contributed by atoms with E-state index < -0.39 is 12.9 Å². The number of thioether (sulfide) groups is 1. The fourth-order valence-corrected chi connectivity index (χ4v) is 2.78. The number of amides is 1. The smallest absolute Gasteiger partial charge is 0.273 e. The maximum atomic E-state index is 12.2. The standard InChI is InChI=1S/C15H16ClN5OS/c1-17-15(22)13-10(7-12(16)20-21-13)19-14-11(23-2)6-5-9(18-14)8-3-4-8/h5-8H,3-4H2,1-2H3,(H,17,22)(H,18,19,20)/i1D3. The number of halogens is 1. The van der Waals surface area contributed by atoms with Crippen LogP contribution in [0.2, 0.25) is 5.15 Å². The Morgan fingerprint density at radius 3 is 2.96 bits per heavy atom. The van der Waals surface area contributed by atoms with E-state index in [1.54, 1.807) is 0 Å². The lowest BCUT2D eigenvalue weighted by atomic mass is 10.2. The number of nitrogens with one attached hydrogen (secondary N) is 2. The van der Waals surface area contributed by atoms with Crippen LogP contribution in [0.25, 0.3) is 0 Å². The summed E-state index contributed by atoms with van der Waals surface area (Å²) in [7, 11) is 0. The quantitative estimate of drug-likeness (QED) is 0.804. The molecule has 1 fully saturated rings. The first-order valence-electron chi connectivity index (χ1n) is 8.44. The van der Waals surface area contributed by atoms with Gasteiger partial charge in [0, 0.05) is 33.7 Å². The van der Waals surface area contributed by atoms with Crippen molar-refractivity contribution in [2.45, 2.75) is 23.7 Å². The normalized spacial score (nSPS) is 16.2. The molecule has 3 rings (SSSR count). The Balaban J connectivity index is 1.95. The molecule has 2 aromatic heterocycles. The van der Waals surface area contributed by atoms with Crippen LogP contribution >= 0.6 is 23.4 Å². The molecule has 1 saturated carbocycles. The van der Waals surface area contributed by atoms with Gasteiger partial charge in [0.25, 0.3) is 5.91 Å². The highest BCUT2D eigenvalue weighted by atomic mass is 35.5. The van der Waals surface area contributed by atoms with Gasteiger partial charge in [-0.3, -0.25) is 4.79 Å². The van der Waals surface area contributed by atoms with Gasteiger partial charge < -0.3 is 10.6 Å². The minimum atomic E-state index is -2.63. The summed E-state index contributed by atoms with van der Waals surface area (Å²) < 4.78 is 21.5. The van der Waals surface area contributed by atoms with Gasteiger partial charge in [-0.05, 0) is 31.2 Å². The summed E-state index contributed by atoms with van der Waals surface area (Å²) in [6, 6.07) is 5.37. The third-order valence-corrected chi connectivity index (χ3v) is 4.40. The van der Waals surface area contributed by atoms with E-state index in [4.69, 9.17) is 15.7 Å². The zero-order valence-electron chi connectivity index (χ0n) is 15.3. The zero-order valence-corrected chi connectivity index (χ0v) is 13.8. The van der Waals surface area contributed by atoms with E-state index in [9.17, 15) is 4.79 Å². The lowest BCUT2D eigenvalue weighted by molar-refractivity contribution is 0.0958. The fraction of sp³-hybridized carbons (Fsp3) is 0.333. The molecule has 0 atom stereocenters. The molecule has 0 spiro atoms. The van der Waals surface area contributed by atoms with Gasteiger partial charge in [-0.2, -0.15) is 0 Å². The first-order valence-corrected chi connectivity index (χ1v) is 8.55. The number of nitrogens with zero attached hydrogens (tertiary/aromatic N) is 3. The van der Waals surface area contributed by atoms with Crippen LogP contribution in [0.15, 0.2) is 23.1 Å². The Morgan fingerprint density at radius 1 is 1.43 bits per heavy atom. The molecule has 1 aliphatic rings. The molecule has 0 saturated heterocycles. The van der Waals surface area contributed by atoms with Crippen LogP contribution in [-0.4, -0.2) is 34.3 Å². The molecule has 2 N–H and O–H groups in total. The van der Waals surface area contributed by atoms with Gasteiger partial charge >= 0.3 is 0 Å². The highest BCUT2D eigenvalue weighted by molar-refractivity contribution is 7.98. The molecule has 0 unspecified atom stereocenters. The van der Waals surface area contributed by atoms with E-state index in [1.807, 2.05) is 23.7 Å². The molecule has 2 aromatic rings. The number of hydrogen-bond donors (Lipinski definition) is 2. The van der Waals surface area contributed by atoms with Crippen LogP contribution in [0.1, 0.15) is 39.1 Å². The first-order chi connectivity index (χ1) is 12.3. The molecule has 1 aliphatic carbocycles. The molecule has 8 heteroatoms. The van der Waals surface area contributed by atoms with Gasteiger partial charge in [-0.15, -0.1) is 22.0 Å². The Morgan fingerprint density at radius 2 is 2.26 bits per heavy atom. The van der Waals surface area contributed by atoms with Gasteiger partial charge in [0.05, 0.1) is 5.69 Å². The fourth-order valence-electron chi connectivity index (χ4n) is 2.14. The highest BCUT2D eigenvalue weighted by Gasteiger charge is 2.26. The van der Waals surface area contributed by atoms with Gasteiger partial charge in [-0.1, -0.05) is 11.6 Å². The maximum absolute atomic E-state index is 12.2. The molecule has 0 aromatic carbocycles. The number of aromatic nitrogens is 3. The second-order valence-corrected chi connectivity index (χ2v) is 6.31. The summed E-state index contributed by atoms with van der Waals surface area (Å²) in [5.41, 5.74) is 1.05. The predicted molar refractivity (Wildman–Crippen MR) is 91.7 cm³/mol. The van der Waals surface area contributed by atoms with Crippen molar-refractivity contribution in [3.63, 3.8) is 0 Å². The molecule has 0 bridgehead atoms. The maximum Gasteiger partial charge on any atom is 0.273 e. The van der Waals surface area contributed by atoms with Crippen molar-refractivity contribution in [3.05, 3.63) is 34.7 Å². The summed E-state index contributed by atoms with van der Waals surface area (Å²) in [6.45, 7) is -2.63. The van der Waals surface area contributed by atoms with Crippen molar-refractivity contribution in [2.75, 3.05) is 18.5 Å². The second kappa shape index (κ2) is 6.72. The minimum Gasteiger partial charge on any atom is -0.354 e. The summed E-state index contributed by atoms with van der Waals surface area (Å²) in [5, 5.41) is 12.4. The van der Waals surface area contributed by atoms with Crippen LogP contribution < -0.4 is 10.6 Å². The molecule has 23 heavy (non-hydrogen) atoms. The van der Waals surface area contributed by atoms with Crippen LogP contribution in [-0.2, 0) is 0 Å². The largest absolute Gasteiger partial charge is 0.354 e. The number of rotatable bonds is 5. The third kappa shape index (κ3) is 3.56. The number of anilines is 2. The van der Waals surface area contributed by atoms with E-state index in [-0.39, 0.29) is 16.5 Å². The van der Waals surface area contributed by atoms with Crippen LogP contribution in [0.5, 0.6) is 0 Å². The Kier molecular flexibility index (Phi) is 3.67. The minimum absolute atomic E-state index is 0.0713. The van der Waals surface area contributed by atoms with Crippen molar-refractivity contribution in [1.29, 1.82) is 0 Å². The Labute approximate surface area is 147 Å². The summed E-state index contributed by atoms with van der Waals surface area (Å²) in [5.74, 6) is 0.151. The molecule has 2 heterocycles. The van der Waals surface area contributed by atoms with Crippen molar-refractivity contribution in [3.8, 4) is 0 Å². The Hall–Kier alpha value is -1.86. The van der Waals surface area contributed by atoms with E-state index in [1.165, 1.54) is 17.8 Å².